The zero-order valence-electron chi connectivity index (χ0n) is 9.86. The molecular weight excluding hydrogens is 190 g/mol. The molecule has 0 unspecified atom stereocenters. The average Bonchev–Trinajstić information content (AvgIpc) is 2.57. The van der Waals surface area contributed by atoms with Gasteiger partial charge in [0.1, 0.15) is 0 Å². The van der Waals surface area contributed by atoms with Crippen LogP contribution in [0.5, 0.6) is 0 Å². The van der Waals surface area contributed by atoms with Crippen LogP contribution in [0.3, 0.4) is 0 Å². The fourth-order valence-corrected chi connectivity index (χ4v) is 1.20. The number of hydrogen-bond donors (Lipinski definition) is 1. The van der Waals surface area contributed by atoms with Gasteiger partial charge in [0.25, 0.3) is 0 Å². The minimum Gasteiger partial charge on any atom is -0.380 e. The summed E-state index contributed by atoms with van der Waals surface area (Å²) in [7, 11) is 1.91. The standard InChI is InChI=1S/C11H21N3O/c1-10(2)4-6-15-7-5-12-11-8-13-14(3)9-11/h8-10,12H,4-7H2,1-3H3. The minimum absolute atomic E-state index is 0.719. The van der Waals surface area contributed by atoms with Crippen LogP contribution in [-0.2, 0) is 11.8 Å². The summed E-state index contributed by atoms with van der Waals surface area (Å²) in [5.41, 5.74) is 1.05. The Bertz CT molecular complexity index is 271. The summed E-state index contributed by atoms with van der Waals surface area (Å²) < 4.78 is 7.26. The van der Waals surface area contributed by atoms with E-state index in [0.29, 0.717) is 0 Å². The van der Waals surface area contributed by atoms with Gasteiger partial charge in [0, 0.05) is 26.4 Å². The molecule has 1 aromatic heterocycles. The van der Waals surface area contributed by atoms with Gasteiger partial charge in [-0.3, -0.25) is 4.68 Å². The van der Waals surface area contributed by atoms with Crippen molar-refractivity contribution >= 4 is 5.69 Å². The first-order valence-corrected chi connectivity index (χ1v) is 5.48. The van der Waals surface area contributed by atoms with E-state index in [0.717, 1.165) is 37.8 Å². The number of hydrogen-bond acceptors (Lipinski definition) is 3. The molecular formula is C11H21N3O. The molecule has 1 N–H and O–H groups in total. The number of aromatic nitrogens is 2. The molecule has 0 aliphatic rings. The van der Waals surface area contributed by atoms with Crippen molar-refractivity contribution in [2.24, 2.45) is 13.0 Å². The van der Waals surface area contributed by atoms with Gasteiger partial charge in [0.15, 0.2) is 0 Å². The maximum absolute atomic E-state index is 5.48. The molecule has 0 radical (unpaired) electrons. The molecule has 0 aromatic carbocycles. The minimum atomic E-state index is 0.719. The number of ether oxygens (including phenoxy) is 1. The van der Waals surface area contributed by atoms with Crippen LogP contribution < -0.4 is 5.32 Å². The molecule has 1 heterocycles. The van der Waals surface area contributed by atoms with Crippen LogP contribution in [0.15, 0.2) is 12.4 Å². The molecule has 1 rings (SSSR count). The Kier molecular flexibility index (Phi) is 5.18. The Morgan fingerprint density at radius 3 is 2.87 bits per heavy atom. The second kappa shape index (κ2) is 6.45. The molecule has 4 nitrogen and oxygen atoms in total. The topological polar surface area (TPSA) is 39.1 Å². The van der Waals surface area contributed by atoms with Crippen molar-refractivity contribution in [1.29, 1.82) is 0 Å². The van der Waals surface area contributed by atoms with Gasteiger partial charge in [-0.2, -0.15) is 5.10 Å². The van der Waals surface area contributed by atoms with E-state index in [-0.39, 0.29) is 0 Å². The monoisotopic (exact) mass is 211 g/mol. The fourth-order valence-electron chi connectivity index (χ4n) is 1.20. The number of rotatable bonds is 7. The zero-order chi connectivity index (χ0) is 11.1. The van der Waals surface area contributed by atoms with Crippen molar-refractivity contribution in [3.63, 3.8) is 0 Å². The fraction of sp³-hybridized carbons (Fsp3) is 0.727. The van der Waals surface area contributed by atoms with Crippen molar-refractivity contribution in [3.8, 4) is 0 Å². The van der Waals surface area contributed by atoms with Crippen LogP contribution in [0.2, 0.25) is 0 Å². The smallest absolute Gasteiger partial charge is 0.0727 e. The molecule has 0 saturated heterocycles. The first-order valence-electron chi connectivity index (χ1n) is 5.48. The second-order valence-corrected chi connectivity index (χ2v) is 4.12. The van der Waals surface area contributed by atoms with Gasteiger partial charge in [-0.05, 0) is 12.3 Å². The molecule has 0 atom stereocenters. The van der Waals surface area contributed by atoms with Gasteiger partial charge in [-0.1, -0.05) is 13.8 Å². The number of aryl methyl sites for hydroxylation is 1. The molecule has 1 aromatic rings. The molecule has 0 aliphatic carbocycles. The molecule has 4 heteroatoms. The molecule has 0 spiro atoms. The summed E-state index contributed by atoms with van der Waals surface area (Å²) in [5.74, 6) is 0.719. The first-order chi connectivity index (χ1) is 7.18. The van der Waals surface area contributed by atoms with Crippen LogP contribution in [0.4, 0.5) is 5.69 Å². The maximum Gasteiger partial charge on any atom is 0.0727 e. The Hall–Kier alpha value is -1.03. The van der Waals surface area contributed by atoms with E-state index in [4.69, 9.17) is 4.74 Å². The van der Waals surface area contributed by atoms with E-state index in [2.05, 4.69) is 24.3 Å². The Morgan fingerprint density at radius 2 is 2.27 bits per heavy atom. The Morgan fingerprint density at radius 1 is 1.47 bits per heavy atom. The Labute approximate surface area is 91.6 Å². The van der Waals surface area contributed by atoms with Gasteiger partial charge in [0.2, 0.25) is 0 Å². The summed E-state index contributed by atoms with van der Waals surface area (Å²) >= 11 is 0. The van der Waals surface area contributed by atoms with Crippen LogP contribution in [0.1, 0.15) is 20.3 Å². The molecule has 0 saturated carbocycles. The normalized spacial score (nSPS) is 10.9. The first kappa shape index (κ1) is 12.0. The van der Waals surface area contributed by atoms with Crippen molar-refractivity contribution in [2.75, 3.05) is 25.1 Å². The molecule has 0 amide bonds. The van der Waals surface area contributed by atoms with Gasteiger partial charge in [-0.25, -0.2) is 0 Å². The third kappa shape index (κ3) is 5.42. The van der Waals surface area contributed by atoms with Gasteiger partial charge in [-0.15, -0.1) is 0 Å². The number of anilines is 1. The van der Waals surface area contributed by atoms with Crippen molar-refractivity contribution in [3.05, 3.63) is 12.4 Å². The average molecular weight is 211 g/mol. The number of nitrogens with one attached hydrogen (secondary N) is 1. The van der Waals surface area contributed by atoms with Crippen molar-refractivity contribution in [1.82, 2.24) is 9.78 Å². The summed E-state index contributed by atoms with van der Waals surface area (Å²) in [4.78, 5) is 0. The predicted molar refractivity (Wildman–Crippen MR) is 62.0 cm³/mol. The highest BCUT2D eigenvalue weighted by atomic mass is 16.5. The quantitative estimate of drug-likeness (QED) is 0.700. The second-order valence-electron chi connectivity index (χ2n) is 4.12. The van der Waals surface area contributed by atoms with E-state index in [9.17, 15) is 0 Å². The summed E-state index contributed by atoms with van der Waals surface area (Å²) in [6.07, 6.45) is 4.90. The van der Waals surface area contributed by atoms with E-state index in [1.54, 1.807) is 4.68 Å². The lowest BCUT2D eigenvalue weighted by molar-refractivity contribution is 0.132. The van der Waals surface area contributed by atoms with E-state index in [1.807, 2.05) is 19.4 Å². The van der Waals surface area contributed by atoms with Crippen LogP contribution in [-0.4, -0.2) is 29.5 Å². The molecule has 0 bridgehead atoms. The van der Waals surface area contributed by atoms with E-state index in [1.165, 1.54) is 0 Å². The lowest BCUT2D eigenvalue weighted by Crippen LogP contribution is -2.10. The highest BCUT2D eigenvalue weighted by Crippen LogP contribution is 2.02. The van der Waals surface area contributed by atoms with Crippen LogP contribution >= 0.6 is 0 Å². The van der Waals surface area contributed by atoms with Crippen molar-refractivity contribution < 1.29 is 4.74 Å². The molecule has 0 aliphatic heterocycles. The van der Waals surface area contributed by atoms with Gasteiger partial charge in [0.05, 0.1) is 18.5 Å². The Balaban J connectivity index is 1.98. The largest absolute Gasteiger partial charge is 0.380 e. The van der Waals surface area contributed by atoms with Crippen molar-refractivity contribution in [2.45, 2.75) is 20.3 Å². The van der Waals surface area contributed by atoms with Crippen LogP contribution in [0.25, 0.3) is 0 Å². The lowest BCUT2D eigenvalue weighted by Gasteiger charge is -2.06. The zero-order valence-corrected chi connectivity index (χ0v) is 9.86. The summed E-state index contributed by atoms with van der Waals surface area (Å²) in [6, 6.07) is 0. The molecule has 15 heavy (non-hydrogen) atoms. The van der Waals surface area contributed by atoms with Gasteiger partial charge >= 0.3 is 0 Å². The molecule has 0 fully saturated rings. The van der Waals surface area contributed by atoms with Gasteiger partial charge < -0.3 is 10.1 Å². The third-order valence-corrected chi connectivity index (χ3v) is 2.12. The predicted octanol–water partition coefficient (Wildman–Crippen LogP) is 1.89. The third-order valence-electron chi connectivity index (χ3n) is 2.12. The maximum atomic E-state index is 5.48. The highest BCUT2D eigenvalue weighted by molar-refractivity contribution is 5.37. The summed E-state index contributed by atoms with van der Waals surface area (Å²) in [6.45, 7) is 6.85. The SMILES string of the molecule is CC(C)CCOCCNc1cnn(C)c1. The number of nitrogens with zero attached hydrogens (tertiary/aromatic N) is 2. The van der Waals surface area contributed by atoms with E-state index >= 15 is 0 Å². The summed E-state index contributed by atoms with van der Waals surface area (Å²) in [5, 5.41) is 7.31. The van der Waals surface area contributed by atoms with Crippen LogP contribution in [0, 0.1) is 5.92 Å². The highest BCUT2D eigenvalue weighted by Gasteiger charge is 1.95. The lowest BCUT2D eigenvalue weighted by atomic mass is 10.1. The molecule has 86 valence electrons. The van der Waals surface area contributed by atoms with E-state index < -0.39 is 0 Å².